The van der Waals surface area contributed by atoms with Crippen LogP contribution >= 0.6 is 0 Å². The first-order chi connectivity index (χ1) is 12.5. The number of aromatic nitrogens is 1. The molecule has 0 radical (unpaired) electrons. The molecule has 0 aliphatic carbocycles. The Balaban J connectivity index is 1.49. The molecule has 2 saturated heterocycles. The van der Waals surface area contributed by atoms with Crippen molar-refractivity contribution in [3.63, 3.8) is 0 Å². The Morgan fingerprint density at radius 3 is 2.50 bits per heavy atom. The van der Waals surface area contributed by atoms with E-state index in [1.807, 2.05) is 0 Å². The number of halogens is 3. The van der Waals surface area contributed by atoms with Gasteiger partial charge in [0.1, 0.15) is 6.26 Å². The third kappa shape index (κ3) is 3.36. The molecule has 1 atom stereocenters. The van der Waals surface area contributed by atoms with Crippen LogP contribution in [0.4, 0.5) is 13.2 Å². The Hall–Kier alpha value is -1.90. The van der Waals surface area contributed by atoms with Crippen LogP contribution < -0.4 is 0 Å². The first-order valence-electron chi connectivity index (χ1n) is 8.49. The van der Waals surface area contributed by atoms with Gasteiger partial charge in [-0.2, -0.15) is 13.2 Å². The largest absolute Gasteiger partial charge is 0.444 e. The lowest BCUT2D eigenvalue weighted by atomic mass is 9.95. The van der Waals surface area contributed by atoms with Gasteiger partial charge < -0.3 is 13.9 Å². The number of benzene rings is 1. The molecule has 1 aromatic heterocycles. The predicted octanol–water partition coefficient (Wildman–Crippen LogP) is 3.35. The van der Waals surface area contributed by atoms with Gasteiger partial charge in [-0.25, -0.2) is 4.98 Å². The first-order valence-corrected chi connectivity index (χ1v) is 8.49. The van der Waals surface area contributed by atoms with Crippen LogP contribution in [-0.4, -0.2) is 48.4 Å². The SMILES string of the molecule is FC(F)(F)c1ccc(-c2nc(CN3CCOCC34CCOC4)co2)cc1. The minimum Gasteiger partial charge on any atom is -0.444 e. The molecule has 1 spiro atoms. The second kappa shape index (κ2) is 6.68. The van der Waals surface area contributed by atoms with E-state index >= 15 is 0 Å². The van der Waals surface area contributed by atoms with Crippen molar-refractivity contribution < 1.29 is 27.1 Å². The molecule has 0 saturated carbocycles. The van der Waals surface area contributed by atoms with Gasteiger partial charge >= 0.3 is 6.18 Å². The predicted molar refractivity (Wildman–Crippen MR) is 86.3 cm³/mol. The zero-order valence-electron chi connectivity index (χ0n) is 14.1. The molecule has 140 valence electrons. The molecule has 0 bridgehead atoms. The summed E-state index contributed by atoms with van der Waals surface area (Å²) in [6, 6.07) is 4.82. The normalized spacial score (nSPS) is 24.4. The summed E-state index contributed by atoms with van der Waals surface area (Å²) < 4.78 is 54.7. The van der Waals surface area contributed by atoms with Crippen molar-refractivity contribution in [2.75, 3.05) is 33.0 Å². The number of nitrogens with zero attached hydrogens (tertiary/aromatic N) is 2. The number of morpholine rings is 1. The molecule has 2 fully saturated rings. The van der Waals surface area contributed by atoms with Crippen LogP contribution in [0.2, 0.25) is 0 Å². The zero-order valence-corrected chi connectivity index (χ0v) is 14.1. The van der Waals surface area contributed by atoms with Crippen molar-refractivity contribution in [3.05, 3.63) is 41.8 Å². The van der Waals surface area contributed by atoms with Crippen LogP contribution in [0.1, 0.15) is 17.7 Å². The molecule has 0 N–H and O–H groups in total. The Morgan fingerprint density at radius 2 is 1.81 bits per heavy atom. The standard InChI is InChI=1S/C18H19F3N2O3/c19-18(20,21)14-3-1-13(2-4-14)16-22-15(10-26-16)9-23-6-8-25-12-17(23)5-7-24-11-17/h1-4,10H,5-9,11-12H2. The van der Waals surface area contributed by atoms with Crippen LogP contribution in [0.15, 0.2) is 34.9 Å². The summed E-state index contributed by atoms with van der Waals surface area (Å²) in [5.41, 5.74) is 0.453. The van der Waals surface area contributed by atoms with Gasteiger partial charge in [-0.1, -0.05) is 0 Å². The van der Waals surface area contributed by atoms with Crippen molar-refractivity contribution in [1.29, 1.82) is 0 Å². The molecule has 4 rings (SSSR count). The van der Waals surface area contributed by atoms with E-state index in [1.54, 1.807) is 6.26 Å². The fourth-order valence-electron chi connectivity index (χ4n) is 3.48. The fourth-order valence-corrected chi connectivity index (χ4v) is 3.48. The maximum absolute atomic E-state index is 12.7. The second-order valence-corrected chi connectivity index (χ2v) is 6.72. The van der Waals surface area contributed by atoms with Crippen LogP contribution in [0.25, 0.3) is 11.5 Å². The third-order valence-corrected chi connectivity index (χ3v) is 4.99. The maximum atomic E-state index is 12.7. The highest BCUT2D eigenvalue weighted by Gasteiger charge is 2.43. The second-order valence-electron chi connectivity index (χ2n) is 6.72. The molecule has 1 unspecified atom stereocenters. The summed E-state index contributed by atoms with van der Waals surface area (Å²) in [5, 5.41) is 0. The fraction of sp³-hybridized carbons (Fsp3) is 0.500. The van der Waals surface area contributed by atoms with Crippen LogP contribution in [0.5, 0.6) is 0 Å². The highest BCUT2D eigenvalue weighted by atomic mass is 19.4. The molecule has 2 aliphatic heterocycles. The molecule has 2 aliphatic rings. The number of hydrogen-bond acceptors (Lipinski definition) is 5. The molecule has 3 heterocycles. The van der Waals surface area contributed by atoms with Gasteiger partial charge in [-0.05, 0) is 30.7 Å². The average molecular weight is 368 g/mol. The van der Waals surface area contributed by atoms with E-state index in [9.17, 15) is 13.2 Å². The summed E-state index contributed by atoms with van der Waals surface area (Å²) >= 11 is 0. The van der Waals surface area contributed by atoms with Crippen LogP contribution in [0, 0.1) is 0 Å². The Morgan fingerprint density at radius 1 is 1.08 bits per heavy atom. The van der Waals surface area contributed by atoms with Crippen molar-refractivity contribution in [2.45, 2.75) is 24.7 Å². The van der Waals surface area contributed by atoms with E-state index < -0.39 is 11.7 Å². The lowest BCUT2D eigenvalue weighted by molar-refractivity contribution is -0.137. The zero-order chi connectivity index (χ0) is 18.2. The topological polar surface area (TPSA) is 47.7 Å². The van der Waals surface area contributed by atoms with E-state index in [4.69, 9.17) is 13.9 Å². The van der Waals surface area contributed by atoms with Gasteiger partial charge in [0.2, 0.25) is 5.89 Å². The lowest BCUT2D eigenvalue weighted by Crippen LogP contribution is -2.56. The Labute approximate surface area is 148 Å². The van der Waals surface area contributed by atoms with Crippen molar-refractivity contribution in [1.82, 2.24) is 9.88 Å². The summed E-state index contributed by atoms with van der Waals surface area (Å²) in [6.45, 7) is 4.02. The Bertz CT molecular complexity index is 752. The minimum absolute atomic E-state index is 0.119. The molecule has 8 heteroatoms. The molecule has 5 nitrogen and oxygen atoms in total. The van der Waals surface area contributed by atoms with Gasteiger partial charge in [0.15, 0.2) is 0 Å². The van der Waals surface area contributed by atoms with E-state index in [2.05, 4.69) is 9.88 Å². The molecular formula is C18H19F3N2O3. The number of hydrogen-bond donors (Lipinski definition) is 0. The lowest BCUT2D eigenvalue weighted by Gasteiger charge is -2.43. The van der Waals surface area contributed by atoms with E-state index in [0.29, 0.717) is 37.8 Å². The monoisotopic (exact) mass is 368 g/mol. The van der Waals surface area contributed by atoms with Crippen molar-refractivity contribution in [3.8, 4) is 11.5 Å². The highest BCUT2D eigenvalue weighted by Crippen LogP contribution is 2.32. The number of rotatable bonds is 3. The van der Waals surface area contributed by atoms with Gasteiger partial charge in [0, 0.05) is 25.3 Å². The summed E-state index contributed by atoms with van der Waals surface area (Å²) in [4.78, 5) is 6.75. The van der Waals surface area contributed by atoms with E-state index in [0.717, 1.165) is 37.4 Å². The minimum atomic E-state index is -4.35. The third-order valence-electron chi connectivity index (χ3n) is 4.99. The van der Waals surface area contributed by atoms with E-state index in [1.165, 1.54) is 12.1 Å². The summed E-state index contributed by atoms with van der Waals surface area (Å²) in [5.74, 6) is 0.318. The number of oxazole rings is 1. The summed E-state index contributed by atoms with van der Waals surface area (Å²) in [6.07, 6.45) is -1.88. The summed E-state index contributed by atoms with van der Waals surface area (Å²) in [7, 11) is 0. The van der Waals surface area contributed by atoms with Crippen LogP contribution in [0.3, 0.4) is 0 Å². The molecule has 2 aromatic rings. The van der Waals surface area contributed by atoms with Gasteiger partial charge in [-0.3, -0.25) is 4.90 Å². The van der Waals surface area contributed by atoms with Gasteiger partial charge in [0.25, 0.3) is 0 Å². The van der Waals surface area contributed by atoms with E-state index in [-0.39, 0.29) is 5.54 Å². The quantitative estimate of drug-likeness (QED) is 0.832. The molecule has 0 amide bonds. The molecular weight excluding hydrogens is 349 g/mol. The van der Waals surface area contributed by atoms with Crippen molar-refractivity contribution in [2.24, 2.45) is 0 Å². The van der Waals surface area contributed by atoms with Crippen LogP contribution in [-0.2, 0) is 22.2 Å². The Kier molecular flexibility index (Phi) is 4.50. The van der Waals surface area contributed by atoms with Crippen molar-refractivity contribution >= 4 is 0 Å². The maximum Gasteiger partial charge on any atom is 0.416 e. The number of alkyl halides is 3. The van der Waals surface area contributed by atoms with Gasteiger partial charge in [0.05, 0.1) is 36.6 Å². The highest BCUT2D eigenvalue weighted by molar-refractivity contribution is 5.54. The smallest absolute Gasteiger partial charge is 0.416 e. The molecule has 1 aromatic carbocycles. The van der Waals surface area contributed by atoms with Gasteiger partial charge in [-0.15, -0.1) is 0 Å². The average Bonchev–Trinajstić information content (AvgIpc) is 3.27. The number of ether oxygens (including phenoxy) is 2. The first kappa shape index (κ1) is 17.5. The molecule has 26 heavy (non-hydrogen) atoms.